The molecule has 1 saturated heterocycles. The Bertz CT molecular complexity index is 792. The van der Waals surface area contributed by atoms with Gasteiger partial charge in [0, 0.05) is 29.2 Å². The summed E-state index contributed by atoms with van der Waals surface area (Å²) < 4.78 is 5.71. The van der Waals surface area contributed by atoms with Crippen molar-refractivity contribution in [1.82, 2.24) is 0 Å². The van der Waals surface area contributed by atoms with Gasteiger partial charge in [-0.15, -0.1) is 11.8 Å². The summed E-state index contributed by atoms with van der Waals surface area (Å²) in [5.41, 5.74) is 1.46. The van der Waals surface area contributed by atoms with Gasteiger partial charge in [0.05, 0.1) is 0 Å². The molecule has 0 spiro atoms. The number of carbonyl (C=O) groups is 2. The number of amides is 2. The van der Waals surface area contributed by atoms with Gasteiger partial charge >= 0.3 is 0 Å². The second-order valence-corrected chi connectivity index (χ2v) is 7.00. The molecule has 0 aromatic heterocycles. The molecule has 1 atom stereocenters. The number of carbonyl (C=O) groups excluding carboxylic acids is 2. The van der Waals surface area contributed by atoms with E-state index < -0.39 is 6.10 Å². The molecule has 0 radical (unpaired) electrons. The van der Waals surface area contributed by atoms with Crippen molar-refractivity contribution in [2.24, 2.45) is 0 Å². The third-order valence-electron chi connectivity index (χ3n) is 4.24. The Kier molecular flexibility index (Phi) is 5.83. The molecule has 1 fully saturated rings. The second-order valence-electron chi connectivity index (χ2n) is 6.12. The van der Waals surface area contributed by atoms with Crippen LogP contribution < -0.4 is 15.0 Å². The second kappa shape index (κ2) is 8.27. The van der Waals surface area contributed by atoms with Crippen LogP contribution in [0.4, 0.5) is 11.4 Å². The number of nitrogens with zero attached hydrogens (tertiary/aromatic N) is 1. The fourth-order valence-corrected chi connectivity index (χ4v) is 3.24. The highest BCUT2D eigenvalue weighted by molar-refractivity contribution is 7.98. The molecule has 5 nitrogen and oxygen atoms in total. The van der Waals surface area contributed by atoms with Crippen molar-refractivity contribution < 1.29 is 14.3 Å². The molecule has 0 bridgehead atoms. The Morgan fingerprint density at radius 2 is 2.00 bits per heavy atom. The largest absolute Gasteiger partial charge is 0.481 e. The molecule has 1 N–H and O–H groups in total. The van der Waals surface area contributed by atoms with Crippen molar-refractivity contribution >= 4 is 35.0 Å². The Labute approximate surface area is 157 Å². The number of hydrogen-bond acceptors (Lipinski definition) is 4. The average molecular weight is 370 g/mol. The third kappa shape index (κ3) is 4.38. The van der Waals surface area contributed by atoms with Crippen molar-refractivity contribution in [3.05, 3.63) is 48.5 Å². The van der Waals surface area contributed by atoms with Gasteiger partial charge in [0.15, 0.2) is 6.10 Å². The molecule has 0 saturated carbocycles. The number of anilines is 2. The highest BCUT2D eigenvalue weighted by atomic mass is 32.2. The van der Waals surface area contributed by atoms with Crippen LogP contribution in [0.25, 0.3) is 0 Å². The minimum Gasteiger partial charge on any atom is -0.481 e. The van der Waals surface area contributed by atoms with Gasteiger partial charge in [-0.05, 0) is 62.1 Å². The summed E-state index contributed by atoms with van der Waals surface area (Å²) in [6, 6.07) is 15.0. The lowest BCUT2D eigenvalue weighted by atomic mass is 10.2. The molecular formula is C20H22N2O3S. The predicted molar refractivity (Wildman–Crippen MR) is 105 cm³/mol. The summed E-state index contributed by atoms with van der Waals surface area (Å²) in [5, 5.41) is 2.86. The van der Waals surface area contributed by atoms with Gasteiger partial charge in [-0.25, -0.2) is 0 Å². The smallest absolute Gasteiger partial charge is 0.265 e. The standard InChI is InChI=1S/C20H22N2O3S/c1-14(25-17-8-10-18(26-2)11-9-17)20(24)21-15-5-3-6-16(13-15)22-12-4-7-19(22)23/h3,5-6,8-11,13-14H,4,7,12H2,1-2H3,(H,21,24). The van der Waals surface area contributed by atoms with Crippen molar-refractivity contribution in [1.29, 1.82) is 0 Å². The monoisotopic (exact) mass is 370 g/mol. The van der Waals surface area contributed by atoms with E-state index in [1.54, 1.807) is 23.6 Å². The van der Waals surface area contributed by atoms with Crippen LogP contribution in [-0.4, -0.2) is 30.7 Å². The van der Waals surface area contributed by atoms with Crippen LogP contribution in [0.3, 0.4) is 0 Å². The highest BCUT2D eigenvalue weighted by Crippen LogP contribution is 2.25. The van der Waals surface area contributed by atoms with E-state index in [0.29, 0.717) is 17.9 Å². The normalized spacial score (nSPS) is 15.0. The molecule has 26 heavy (non-hydrogen) atoms. The molecule has 1 aliphatic rings. The molecule has 1 heterocycles. The van der Waals surface area contributed by atoms with E-state index in [1.165, 1.54) is 0 Å². The molecule has 1 aliphatic heterocycles. The Morgan fingerprint density at radius 1 is 1.23 bits per heavy atom. The van der Waals surface area contributed by atoms with Crippen LogP contribution in [0.1, 0.15) is 19.8 Å². The molecular weight excluding hydrogens is 348 g/mol. The van der Waals surface area contributed by atoms with E-state index in [0.717, 1.165) is 23.5 Å². The van der Waals surface area contributed by atoms with E-state index in [4.69, 9.17) is 4.74 Å². The van der Waals surface area contributed by atoms with Crippen LogP contribution in [0.15, 0.2) is 53.4 Å². The molecule has 3 rings (SSSR count). The maximum Gasteiger partial charge on any atom is 0.265 e. The zero-order valence-electron chi connectivity index (χ0n) is 14.9. The average Bonchev–Trinajstić information content (AvgIpc) is 3.08. The predicted octanol–water partition coefficient (Wildman–Crippen LogP) is 3.94. The van der Waals surface area contributed by atoms with E-state index in [-0.39, 0.29) is 11.8 Å². The molecule has 136 valence electrons. The number of nitrogens with one attached hydrogen (secondary N) is 1. The summed E-state index contributed by atoms with van der Waals surface area (Å²) in [6.45, 7) is 2.44. The Hall–Kier alpha value is -2.47. The highest BCUT2D eigenvalue weighted by Gasteiger charge is 2.22. The van der Waals surface area contributed by atoms with Crippen LogP contribution >= 0.6 is 11.8 Å². The maximum atomic E-state index is 12.4. The fraction of sp³-hybridized carbons (Fsp3) is 0.300. The molecule has 2 amide bonds. The van der Waals surface area contributed by atoms with Crippen molar-refractivity contribution in [2.45, 2.75) is 30.8 Å². The van der Waals surface area contributed by atoms with Gasteiger partial charge in [0.1, 0.15) is 5.75 Å². The molecule has 6 heteroatoms. The minimum absolute atomic E-state index is 0.124. The number of benzene rings is 2. The lowest BCUT2D eigenvalue weighted by Gasteiger charge is -2.18. The summed E-state index contributed by atoms with van der Waals surface area (Å²) >= 11 is 1.65. The van der Waals surface area contributed by atoms with Gasteiger partial charge in [-0.2, -0.15) is 0 Å². The molecule has 2 aromatic rings. The van der Waals surface area contributed by atoms with Crippen molar-refractivity contribution in [2.75, 3.05) is 23.0 Å². The number of thioether (sulfide) groups is 1. The van der Waals surface area contributed by atoms with E-state index in [1.807, 2.05) is 54.8 Å². The van der Waals surface area contributed by atoms with Crippen LogP contribution in [-0.2, 0) is 9.59 Å². The quantitative estimate of drug-likeness (QED) is 0.783. The maximum absolute atomic E-state index is 12.4. The van der Waals surface area contributed by atoms with Crippen LogP contribution in [0.2, 0.25) is 0 Å². The van der Waals surface area contributed by atoms with Gasteiger partial charge in [0.2, 0.25) is 5.91 Å². The number of rotatable bonds is 6. The lowest BCUT2D eigenvalue weighted by Crippen LogP contribution is -2.30. The lowest BCUT2D eigenvalue weighted by molar-refractivity contribution is -0.122. The number of hydrogen-bond donors (Lipinski definition) is 1. The summed E-state index contributed by atoms with van der Waals surface area (Å²) in [6.07, 6.45) is 2.83. The SMILES string of the molecule is CSc1ccc(OC(C)C(=O)Nc2cccc(N3CCCC3=O)c2)cc1. The number of ether oxygens (including phenoxy) is 1. The van der Waals surface area contributed by atoms with Crippen LogP contribution in [0, 0.1) is 0 Å². The Balaban J connectivity index is 1.62. The minimum atomic E-state index is -0.632. The summed E-state index contributed by atoms with van der Waals surface area (Å²) in [4.78, 5) is 27.2. The topological polar surface area (TPSA) is 58.6 Å². The zero-order valence-corrected chi connectivity index (χ0v) is 15.7. The summed E-state index contributed by atoms with van der Waals surface area (Å²) in [5.74, 6) is 0.546. The third-order valence-corrected chi connectivity index (χ3v) is 4.98. The first-order valence-corrected chi connectivity index (χ1v) is 9.81. The van der Waals surface area contributed by atoms with Crippen molar-refractivity contribution in [3.63, 3.8) is 0 Å². The van der Waals surface area contributed by atoms with Gasteiger partial charge in [-0.3, -0.25) is 9.59 Å². The fourth-order valence-electron chi connectivity index (χ4n) is 2.83. The first kappa shape index (κ1) is 18.3. The van der Waals surface area contributed by atoms with Gasteiger partial charge in [0.25, 0.3) is 5.91 Å². The van der Waals surface area contributed by atoms with Crippen molar-refractivity contribution in [3.8, 4) is 5.75 Å². The zero-order chi connectivity index (χ0) is 18.5. The van der Waals surface area contributed by atoms with Crippen LogP contribution in [0.5, 0.6) is 5.75 Å². The molecule has 2 aromatic carbocycles. The molecule has 0 aliphatic carbocycles. The molecule has 1 unspecified atom stereocenters. The van der Waals surface area contributed by atoms with E-state index in [2.05, 4.69) is 5.32 Å². The first-order chi connectivity index (χ1) is 12.6. The van der Waals surface area contributed by atoms with Gasteiger partial charge in [-0.1, -0.05) is 6.07 Å². The van der Waals surface area contributed by atoms with E-state index in [9.17, 15) is 9.59 Å². The van der Waals surface area contributed by atoms with Gasteiger partial charge < -0.3 is 15.0 Å². The summed E-state index contributed by atoms with van der Waals surface area (Å²) in [7, 11) is 0. The van der Waals surface area contributed by atoms with E-state index >= 15 is 0 Å². The first-order valence-electron chi connectivity index (χ1n) is 8.59. The Morgan fingerprint density at radius 3 is 2.65 bits per heavy atom.